The Balaban J connectivity index is 1.32. The maximum Gasteiger partial charge on any atom is 0.269 e. The van der Waals surface area contributed by atoms with Crippen LogP contribution in [0.3, 0.4) is 0 Å². The first-order valence-corrected chi connectivity index (χ1v) is 9.77. The molecule has 0 atom stereocenters. The molecule has 0 aliphatic heterocycles. The average molecular weight is 398 g/mol. The van der Waals surface area contributed by atoms with E-state index in [-0.39, 0.29) is 11.7 Å². The summed E-state index contributed by atoms with van der Waals surface area (Å²) in [6.45, 7) is 2.07. The minimum atomic E-state index is -0.202. The SMILES string of the molecule is CC(=O)c1ccc(Nc2ccc(C(=O)NCCc3c[nH]c4ccccc34)nc2)cc1. The van der Waals surface area contributed by atoms with Gasteiger partial charge in [0.15, 0.2) is 5.78 Å². The normalized spacial score (nSPS) is 10.7. The van der Waals surface area contributed by atoms with Gasteiger partial charge in [0, 0.05) is 34.9 Å². The van der Waals surface area contributed by atoms with Gasteiger partial charge in [-0.3, -0.25) is 9.59 Å². The van der Waals surface area contributed by atoms with Gasteiger partial charge in [0.1, 0.15) is 5.69 Å². The Morgan fingerprint density at radius 3 is 2.47 bits per heavy atom. The number of nitrogens with zero attached hydrogens (tertiary/aromatic N) is 1. The van der Waals surface area contributed by atoms with Crippen LogP contribution in [-0.4, -0.2) is 28.2 Å². The minimum Gasteiger partial charge on any atom is -0.361 e. The second kappa shape index (κ2) is 8.61. The maximum absolute atomic E-state index is 12.4. The highest BCUT2D eigenvalue weighted by Crippen LogP contribution is 2.18. The summed E-state index contributed by atoms with van der Waals surface area (Å²) in [6.07, 6.45) is 4.34. The molecule has 0 aliphatic carbocycles. The molecule has 2 heterocycles. The van der Waals surface area contributed by atoms with Gasteiger partial charge in [0.05, 0.1) is 11.9 Å². The van der Waals surface area contributed by atoms with Crippen LogP contribution in [0.25, 0.3) is 10.9 Å². The van der Waals surface area contributed by atoms with Crippen LogP contribution in [-0.2, 0) is 6.42 Å². The number of pyridine rings is 1. The smallest absolute Gasteiger partial charge is 0.269 e. The van der Waals surface area contributed by atoms with E-state index in [2.05, 4.69) is 26.7 Å². The summed E-state index contributed by atoms with van der Waals surface area (Å²) in [5.41, 5.74) is 4.91. The Hall–Kier alpha value is -3.93. The van der Waals surface area contributed by atoms with Gasteiger partial charge >= 0.3 is 0 Å². The van der Waals surface area contributed by atoms with Crippen molar-refractivity contribution >= 4 is 34.0 Å². The van der Waals surface area contributed by atoms with E-state index in [1.807, 2.05) is 36.5 Å². The van der Waals surface area contributed by atoms with E-state index >= 15 is 0 Å². The zero-order valence-electron chi connectivity index (χ0n) is 16.6. The number of anilines is 2. The summed E-state index contributed by atoms with van der Waals surface area (Å²) >= 11 is 0. The molecule has 0 bridgehead atoms. The summed E-state index contributed by atoms with van der Waals surface area (Å²) < 4.78 is 0. The number of Topliss-reactive ketones (excluding diaryl/α,β-unsaturated/α-hetero) is 1. The molecule has 3 N–H and O–H groups in total. The zero-order chi connectivity index (χ0) is 20.9. The van der Waals surface area contributed by atoms with Crippen molar-refractivity contribution in [3.05, 3.63) is 89.9 Å². The van der Waals surface area contributed by atoms with Crippen molar-refractivity contribution in [2.45, 2.75) is 13.3 Å². The number of carbonyl (C=O) groups excluding carboxylic acids is 2. The second-order valence-electron chi connectivity index (χ2n) is 7.06. The summed E-state index contributed by atoms with van der Waals surface area (Å²) in [6, 6.07) is 18.8. The lowest BCUT2D eigenvalue weighted by Crippen LogP contribution is -2.26. The van der Waals surface area contributed by atoms with Crippen molar-refractivity contribution in [1.29, 1.82) is 0 Å². The zero-order valence-corrected chi connectivity index (χ0v) is 16.6. The lowest BCUT2D eigenvalue weighted by molar-refractivity contribution is 0.0948. The Morgan fingerprint density at radius 1 is 0.967 bits per heavy atom. The highest BCUT2D eigenvalue weighted by molar-refractivity contribution is 5.94. The molecule has 30 heavy (non-hydrogen) atoms. The number of aromatic nitrogens is 2. The first-order valence-electron chi connectivity index (χ1n) is 9.77. The van der Waals surface area contributed by atoms with E-state index in [0.717, 1.165) is 23.3 Å². The molecule has 6 heteroatoms. The number of H-pyrrole nitrogens is 1. The van der Waals surface area contributed by atoms with Crippen molar-refractivity contribution < 1.29 is 9.59 Å². The van der Waals surface area contributed by atoms with E-state index in [4.69, 9.17) is 0 Å². The van der Waals surface area contributed by atoms with Gasteiger partial charge in [-0.15, -0.1) is 0 Å². The van der Waals surface area contributed by atoms with Gasteiger partial charge < -0.3 is 15.6 Å². The molecule has 2 aromatic carbocycles. The Kier molecular flexibility index (Phi) is 5.57. The number of para-hydroxylation sites is 1. The fourth-order valence-corrected chi connectivity index (χ4v) is 3.30. The largest absolute Gasteiger partial charge is 0.361 e. The molecule has 4 rings (SSSR count). The van der Waals surface area contributed by atoms with Gasteiger partial charge in [-0.25, -0.2) is 4.98 Å². The van der Waals surface area contributed by atoms with Crippen LogP contribution in [0.4, 0.5) is 11.4 Å². The second-order valence-corrected chi connectivity index (χ2v) is 7.06. The van der Waals surface area contributed by atoms with Crippen molar-refractivity contribution in [1.82, 2.24) is 15.3 Å². The lowest BCUT2D eigenvalue weighted by atomic mass is 10.1. The van der Waals surface area contributed by atoms with Crippen LogP contribution in [0.5, 0.6) is 0 Å². The molecule has 0 radical (unpaired) electrons. The first-order chi connectivity index (χ1) is 14.6. The lowest BCUT2D eigenvalue weighted by Gasteiger charge is -2.08. The molecule has 4 aromatic rings. The van der Waals surface area contributed by atoms with Crippen LogP contribution in [0.1, 0.15) is 33.3 Å². The first kappa shape index (κ1) is 19.4. The maximum atomic E-state index is 12.4. The Bertz CT molecular complexity index is 1180. The number of carbonyl (C=O) groups is 2. The standard InChI is InChI=1S/C24H22N4O2/c1-16(29)17-6-8-19(9-7-17)28-20-10-11-23(27-15-20)24(30)25-13-12-18-14-26-22-5-3-2-4-21(18)22/h2-11,14-15,26,28H,12-13H2,1H3,(H,25,30). The third-order valence-electron chi connectivity index (χ3n) is 4.93. The molecule has 0 spiro atoms. The number of aromatic amines is 1. The van der Waals surface area contributed by atoms with Crippen LogP contribution in [0, 0.1) is 0 Å². The molecule has 150 valence electrons. The molecular weight excluding hydrogens is 376 g/mol. The summed E-state index contributed by atoms with van der Waals surface area (Å²) in [7, 11) is 0. The summed E-state index contributed by atoms with van der Waals surface area (Å²) in [4.78, 5) is 31.2. The molecule has 2 aromatic heterocycles. The van der Waals surface area contributed by atoms with Gasteiger partial charge in [-0.2, -0.15) is 0 Å². The molecule has 0 fully saturated rings. The van der Waals surface area contributed by atoms with Crippen LogP contribution >= 0.6 is 0 Å². The Labute approximate surface area is 174 Å². The monoisotopic (exact) mass is 398 g/mol. The number of amides is 1. The van der Waals surface area contributed by atoms with Gasteiger partial charge in [0.25, 0.3) is 5.91 Å². The van der Waals surface area contributed by atoms with E-state index in [1.54, 1.807) is 30.5 Å². The summed E-state index contributed by atoms with van der Waals surface area (Å²) in [5.74, 6) is -0.171. The van der Waals surface area contributed by atoms with Gasteiger partial charge in [-0.1, -0.05) is 18.2 Å². The number of nitrogens with one attached hydrogen (secondary N) is 3. The van der Waals surface area contributed by atoms with Crippen LogP contribution < -0.4 is 10.6 Å². The molecule has 0 saturated heterocycles. The number of ketones is 1. The molecular formula is C24H22N4O2. The third kappa shape index (κ3) is 4.38. The number of hydrogen-bond acceptors (Lipinski definition) is 4. The predicted octanol–water partition coefficient (Wildman–Crippen LogP) is 4.48. The van der Waals surface area contributed by atoms with Gasteiger partial charge in [0.2, 0.25) is 0 Å². The fourth-order valence-electron chi connectivity index (χ4n) is 3.30. The highest BCUT2D eigenvalue weighted by atomic mass is 16.1. The quantitative estimate of drug-likeness (QED) is 0.401. The third-order valence-corrected chi connectivity index (χ3v) is 4.93. The van der Waals surface area contributed by atoms with Crippen LogP contribution in [0.15, 0.2) is 73.1 Å². The van der Waals surface area contributed by atoms with Crippen LogP contribution in [0.2, 0.25) is 0 Å². The molecule has 0 unspecified atom stereocenters. The summed E-state index contributed by atoms with van der Waals surface area (Å²) in [5, 5.41) is 7.30. The molecule has 1 amide bonds. The van der Waals surface area contributed by atoms with E-state index in [9.17, 15) is 9.59 Å². The van der Waals surface area contributed by atoms with E-state index < -0.39 is 0 Å². The fraction of sp³-hybridized carbons (Fsp3) is 0.125. The topological polar surface area (TPSA) is 86.9 Å². The number of hydrogen-bond donors (Lipinski definition) is 3. The minimum absolute atomic E-state index is 0.0308. The molecule has 6 nitrogen and oxygen atoms in total. The molecule has 0 saturated carbocycles. The van der Waals surface area contributed by atoms with Crippen molar-refractivity contribution in [2.24, 2.45) is 0 Å². The average Bonchev–Trinajstić information content (AvgIpc) is 3.18. The predicted molar refractivity (Wildman–Crippen MR) is 118 cm³/mol. The number of benzene rings is 2. The highest BCUT2D eigenvalue weighted by Gasteiger charge is 2.08. The molecule has 0 aliphatic rings. The van der Waals surface area contributed by atoms with Crippen molar-refractivity contribution in [3.63, 3.8) is 0 Å². The van der Waals surface area contributed by atoms with Crippen molar-refractivity contribution in [2.75, 3.05) is 11.9 Å². The van der Waals surface area contributed by atoms with E-state index in [0.29, 0.717) is 17.8 Å². The van der Waals surface area contributed by atoms with E-state index in [1.165, 1.54) is 17.9 Å². The van der Waals surface area contributed by atoms with Crippen molar-refractivity contribution in [3.8, 4) is 0 Å². The number of rotatable bonds is 7. The number of fused-ring (bicyclic) bond motifs is 1. The Morgan fingerprint density at radius 2 is 1.73 bits per heavy atom. The van der Waals surface area contributed by atoms with Gasteiger partial charge in [-0.05, 0) is 61.4 Å².